The molecule has 0 aliphatic rings. The van der Waals surface area contributed by atoms with Crippen molar-refractivity contribution in [3.8, 4) is 112 Å². The first-order valence-electron chi connectivity index (χ1n) is 40.2. The molecule has 0 unspecified atom stereocenters. The van der Waals surface area contributed by atoms with Crippen molar-refractivity contribution in [1.29, 1.82) is 0 Å². The van der Waals surface area contributed by atoms with E-state index in [1.807, 2.05) is 138 Å². The van der Waals surface area contributed by atoms with E-state index in [0.29, 0.717) is 17.5 Å². The maximum Gasteiger partial charge on any atom is 0.163 e. The van der Waals surface area contributed by atoms with Crippen LogP contribution in [-0.4, -0.2) is 24.9 Å². The van der Waals surface area contributed by atoms with Gasteiger partial charge in [0, 0.05) is 75.2 Å². The van der Waals surface area contributed by atoms with Crippen molar-refractivity contribution in [3.63, 3.8) is 0 Å². The molecule has 0 aliphatic carbocycles. The summed E-state index contributed by atoms with van der Waals surface area (Å²) < 4.78 is 14.5. The summed E-state index contributed by atoms with van der Waals surface area (Å²) in [6.07, 6.45) is 0. The number of hydrogen-bond donors (Lipinski definition) is 0. The highest BCUT2D eigenvalue weighted by atomic mass is 32.1. The number of aryl methyl sites for hydroxylation is 3. The first-order chi connectivity index (χ1) is 58.2. The zero-order valence-corrected chi connectivity index (χ0v) is 68.0. The standard InChI is InChI=1S/C34H25N3.C29H22N2.C19H14O.C12H8O.C12H8S.2C2H6/c1-24-35-33(28-20-18-27(19-21-28)25-10-4-2-5-11-25)37-34(36-24)32-17-9-16-31(23-32)30-15-8-14-29(22-30)26-12-6-3-7-13-26;1-21-20-28(26-10-6-3-7-11-26)31-29(30-21)27-18-16-25(17-19-27)24-14-12-23(13-15-24)22-8-4-2-5-9-22;1-13-10-11-16-17-9-5-8-15(14-6-3-2-4-7-14)19(17)20-18(16)12-13;2*1-3-7-11-9(5-1)10-6-2-4-8-12(10)13-11;2*1-2/h2-23H,1H3;2-20H,1H3;2-12H,1H3;2*1-8H;2*1-2H3. The quantitative estimate of drug-likeness (QED) is 0.135. The zero-order chi connectivity index (χ0) is 80.9. The monoisotopic (exact) mass is 1540 g/mol. The van der Waals surface area contributed by atoms with Gasteiger partial charge in [0.1, 0.15) is 28.2 Å². The van der Waals surface area contributed by atoms with Crippen LogP contribution in [0.15, 0.2) is 421 Å². The average molecular weight is 1550 g/mol. The minimum absolute atomic E-state index is 0.677. The number of benzene rings is 16. The summed E-state index contributed by atoms with van der Waals surface area (Å²) in [6, 6.07) is 143. The number of para-hydroxylation sites is 3. The van der Waals surface area contributed by atoms with Gasteiger partial charge in [-0.2, -0.15) is 0 Å². The van der Waals surface area contributed by atoms with Crippen LogP contribution in [0, 0.1) is 20.8 Å². The van der Waals surface area contributed by atoms with Gasteiger partial charge in [-0.3, -0.25) is 0 Å². The third-order valence-corrected chi connectivity index (χ3v) is 21.3. The van der Waals surface area contributed by atoms with Crippen LogP contribution in [0.4, 0.5) is 0 Å². The molecule has 0 N–H and O–H groups in total. The van der Waals surface area contributed by atoms with Gasteiger partial charge in [-0.15, -0.1) is 11.3 Å². The summed E-state index contributed by atoms with van der Waals surface area (Å²) >= 11 is 1.86. The van der Waals surface area contributed by atoms with E-state index >= 15 is 0 Å². The molecule has 0 atom stereocenters. The Balaban J connectivity index is 0.000000120. The zero-order valence-electron chi connectivity index (χ0n) is 67.2. The second-order valence-corrected chi connectivity index (χ2v) is 29.0. The van der Waals surface area contributed by atoms with E-state index in [2.05, 4.69) is 349 Å². The van der Waals surface area contributed by atoms with Gasteiger partial charge in [-0.05, 0) is 136 Å². The minimum atomic E-state index is 0.677. The molecule has 5 aromatic heterocycles. The number of fused-ring (bicyclic) bond motifs is 9. The van der Waals surface area contributed by atoms with Gasteiger partial charge in [-0.1, -0.05) is 392 Å². The van der Waals surface area contributed by atoms with E-state index in [0.717, 1.165) is 78.5 Å². The molecule has 21 rings (SSSR count). The average Bonchev–Trinajstić information content (AvgIpc) is 1.60. The molecular weight excluding hydrogens is 1460 g/mol. The van der Waals surface area contributed by atoms with Crippen molar-refractivity contribution in [2.45, 2.75) is 48.5 Å². The van der Waals surface area contributed by atoms with Crippen molar-refractivity contribution in [3.05, 3.63) is 430 Å². The van der Waals surface area contributed by atoms with Crippen LogP contribution in [0.25, 0.3) is 176 Å². The number of furan rings is 2. The Bertz CT molecular complexity index is 6640. The SMILES string of the molecule is CC.CC.Cc1cc(-c2ccccc2)nc(-c2ccc(-c3ccc(-c4ccccc4)cc3)cc2)n1.Cc1ccc2c(c1)oc1c(-c3ccccc3)cccc12.Cc1nc(-c2ccc(-c3ccccc3)cc2)nc(-c2cccc(-c3cccc(-c4ccccc4)c3)c2)n1.c1ccc2c(c1)oc1ccccc12.c1ccc2c(c1)sc1ccccc12. The van der Waals surface area contributed by atoms with Crippen molar-refractivity contribution >= 4 is 75.4 Å². The molecule has 0 spiro atoms. The molecule has 7 nitrogen and oxygen atoms in total. The fourth-order valence-corrected chi connectivity index (χ4v) is 15.5. The predicted octanol–water partition coefficient (Wildman–Crippen LogP) is 31.2. The topological polar surface area (TPSA) is 90.7 Å². The molecule has 0 bridgehead atoms. The third kappa shape index (κ3) is 18.6. The number of thiophene rings is 1. The van der Waals surface area contributed by atoms with Crippen molar-refractivity contribution in [2.75, 3.05) is 0 Å². The maximum atomic E-state index is 6.12. The van der Waals surface area contributed by atoms with E-state index in [9.17, 15) is 0 Å². The van der Waals surface area contributed by atoms with Gasteiger partial charge in [0.15, 0.2) is 17.5 Å². The molecule has 0 saturated carbocycles. The summed E-state index contributed by atoms with van der Waals surface area (Å²) in [7, 11) is 0. The number of rotatable bonds is 10. The van der Waals surface area contributed by atoms with Gasteiger partial charge < -0.3 is 8.83 Å². The summed E-state index contributed by atoms with van der Waals surface area (Å²) in [4.78, 5) is 23.6. The number of hydrogen-bond acceptors (Lipinski definition) is 8. The Morgan fingerprint density at radius 3 is 1.04 bits per heavy atom. The lowest BCUT2D eigenvalue weighted by atomic mass is 9.98. The van der Waals surface area contributed by atoms with Crippen LogP contribution in [0.2, 0.25) is 0 Å². The molecule has 0 aliphatic heterocycles. The van der Waals surface area contributed by atoms with Gasteiger partial charge >= 0.3 is 0 Å². The molecule has 118 heavy (non-hydrogen) atoms. The fraction of sp³-hybridized carbons (Fsp3) is 0.0636. The summed E-state index contributed by atoms with van der Waals surface area (Å²) in [5.74, 6) is 2.81. The van der Waals surface area contributed by atoms with E-state index in [-0.39, 0.29) is 0 Å². The highest BCUT2D eigenvalue weighted by molar-refractivity contribution is 7.25. The van der Waals surface area contributed by atoms with E-state index in [1.54, 1.807) is 0 Å². The van der Waals surface area contributed by atoms with E-state index in [4.69, 9.17) is 18.8 Å². The van der Waals surface area contributed by atoms with Crippen molar-refractivity contribution < 1.29 is 8.83 Å². The van der Waals surface area contributed by atoms with Crippen LogP contribution in [-0.2, 0) is 0 Å². The molecule has 8 heteroatoms. The summed E-state index contributed by atoms with van der Waals surface area (Å²) in [5.41, 5.74) is 25.3. The molecule has 0 amide bonds. The van der Waals surface area contributed by atoms with Crippen LogP contribution in [0.3, 0.4) is 0 Å². The van der Waals surface area contributed by atoms with Crippen molar-refractivity contribution in [1.82, 2.24) is 24.9 Å². The predicted molar refractivity (Wildman–Crippen MR) is 500 cm³/mol. The van der Waals surface area contributed by atoms with E-state index < -0.39 is 0 Å². The second kappa shape index (κ2) is 38.0. The summed E-state index contributed by atoms with van der Waals surface area (Å²) in [5, 5.41) is 7.51. The summed E-state index contributed by atoms with van der Waals surface area (Å²) in [6.45, 7) is 14.0. The number of aromatic nitrogens is 5. The Labute approximate surface area is 694 Å². The Morgan fingerprint density at radius 1 is 0.212 bits per heavy atom. The largest absolute Gasteiger partial charge is 0.456 e. The molecular formula is C110H89N5O2S. The molecule has 0 fully saturated rings. The Hall–Kier alpha value is -14.6. The smallest absolute Gasteiger partial charge is 0.163 e. The van der Waals surface area contributed by atoms with Crippen LogP contribution >= 0.6 is 11.3 Å². The van der Waals surface area contributed by atoms with Crippen molar-refractivity contribution in [2.24, 2.45) is 0 Å². The molecule has 0 saturated heterocycles. The molecule has 16 aromatic carbocycles. The second-order valence-electron chi connectivity index (χ2n) is 27.9. The van der Waals surface area contributed by atoms with Gasteiger partial charge in [0.2, 0.25) is 0 Å². The van der Waals surface area contributed by atoms with E-state index in [1.165, 1.54) is 97.4 Å². The number of nitrogens with zero attached hydrogens (tertiary/aromatic N) is 5. The van der Waals surface area contributed by atoms with Crippen LogP contribution in [0.1, 0.15) is 44.8 Å². The highest BCUT2D eigenvalue weighted by Gasteiger charge is 2.16. The molecule has 572 valence electrons. The Kier molecular flexibility index (Phi) is 25.4. The maximum absolute atomic E-state index is 6.12. The minimum Gasteiger partial charge on any atom is -0.456 e. The molecule has 5 heterocycles. The lowest BCUT2D eigenvalue weighted by molar-refractivity contribution is 0.669. The Morgan fingerprint density at radius 2 is 0.551 bits per heavy atom. The normalized spacial score (nSPS) is 10.7. The molecule has 21 aromatic rings. The third-order valence-electron chi connectivity index (χ3n) is 20.1. The van der Waals surface area contributed by atoms with Gasteiger partial charge in [0.25, 0.3) is 0 Å². The first-order valence-corrected chi connectivity index (χ1v) is 41.1. The van der Waals surface area contributed by atoms with Crippen LogP contribution < -0.4 is 0 Å². The lowest BCUT2D eigenvalue weighted by Gasteiger charge is -2.09. The lowest BCUT2D eigenvalue weighted by Crippen LogP contribution is -1.99. The van der Waals surface area contributed by atoms with Crippen LogP contribution in [0.5, 0.6) is 0 Å². The van der Waals surface area contributed by atoms with Gasteiger partial charge in [0.05, 0.1) is 5.69 Å². The van der Waals surface area contributed by atoms with Gasteiger partial charge in [-0.25, -0.2) is 24.9 Å². The fourth-order valence-electron chi connectivity index (χ4n) is 14.4. The first kappa shape index (κ1) is 78.7. The highest BCUT2D eigenvalue weighted by Crippen LogP contribution is 2.39. The molecule has 0 radical (unpaired) electrons.